The van der Waals surface area contributed by atoms with Crippen molar-refractivity contribution in [3.63, 3.8) is 0 Å². The Hall–Kier alpha value is -2.26. The smallest absolute Gasteiger partial charge is 0.243 e. The van der Waals surface area contributed by atoms with Crippen molar-refractivity contribution in [2.45, 2.75) is 50.0 Å². The van der Waals surface area contributed by atoms with Gasteiger partial charge in [-0.05, 0) is 74.5 Å². The number of rotatable bonds is 10. The Labute approximate surface area is 215 Å². The van der Waals surface area contributed by atoms with E-state index >= 15 is 0 Å². The summed E-state index contributed by atoms with van der Waals surface area (Å²) in [6.07, 6.45) is 5.36. The van der Waals surface area contributed by atoms with Gasteiger partial charge in [0.25, 0.3) is 0 Å². The Balaban J connectivity index is 1.40. The molecule has 8 heteroatoms. The van der Waals surface area contributed by atoms with Crippen molar-refractivity contribution in [2.75, 3.05) is 46.4 Å². The van der Waals surface area contributed by atoms with Crippen LogP contribution < -0.4 is 10.1 Å². The Morgan fingerprint density at radius 2 is 1.72 bits per heavy atom. The molecule has 0 spiro atoms. The summed E-state index contributed by atoms with van der Waals surface area (Å²) in [5, 5.41) is 3.35. The number of nitrogens with zero attached hydrogens (tertiary/aromatic N) is 2. The molecule has 2 aromatic rings. The van der Waals surface area contributed by atoms with E-state index < -0.39 is 10.0 Å². The Kier molecular flexibility index (Phi) is 9.17. The van der Waals surface area contributed by atoms with Gasteiger partial charge in [-0.3, -0.25) is 9.69 Å². The second-order valence-corrected chi connectivity index (χ2v) is 12.0. The van der Waals surface area contributed by atoms with E-state index in [0.717, 1.165) is 31.7 Å². The maximum Gasteiger partial charge on any atom is 0.243 e. The number of carbonyl (C=O) groups excluding carboxylic acids is 1. The molecule has 1 atom stereocenters. The van der Waals surface area contributed by atoms with Crippen molar-refractivity contribution in [3.05, 3.63) is 59.7 Å². The number of methoxy groups -OCH3 is 1. The molecule has 2 heterocycles. The molecule has 1 N–H and O–H groups in total. The maximum atomic E-state index is 13.1. The SMILES string of the molecule is COc1ccc(C(CNCC(=O)c2cccc(S(=O)(=O)N3CCC(C)CC3)c2)N2CCCCC2)cc1. The highest BCUT2D eigenvalue weighted by atomic mass is 32.2. The standard InChI is InChI=1S/C28H39N3O4S/c1-22-13-17-31(18-14-22)36(33,34)26-8-6-7-24(19-26)28(32)21-29-20-27(30-15-4-3-5-16-30)23-9-11-25(35-2)12-10-23/h6-12,19,22,27,29H,3-5,13-18,20-21H2,1-2H3. The Morgan fingerprint density at radius 3 is 2.39 bits per heavy atom. The van der Waals surface area contributed by atoms with Crippen molar-refractivity contribution in [1.82, 2.24) is 14.5 Å². The van der Waals surface area contributed by atoms with Crippen molar-refractivity contribution in [1.29, 1.82) is 0 Å². The van der Waals surface area contributed by atoms with Crippen LogP contribution in [0.2, 0.25) is 0 Å². The average Bonchev–Trinajstić information content (AvgIpc) is 2.92. The van der Waals surface area contributed by atoms with Crippen LogP contribution in [0.15, 0.2) is 53.4 Å². The largest absolute Gasteiger partial charge is 0.497 e. The van der Waals surface area contributed by atoms with Crippen LogP contribution in [-0.2, 0) is 10.0 Å². The van der Waals surface area contributed by atoms with E-state index in [1.165, 1.54) is 30.9 Å². The highest BCUT2D eigenvalue weighted by molar-refractivity contribution is 7.89. The summed E-state index contributed by atoms with van der Waals surface area (Å²) in [6.45, 7) is 6.11. The molecule has 0 radical (unpaired) electrons. The molecule has 7 nitrogen and oxygen atoms in total. The molecule has 196 valence electrons. The summed E-state index contributed by atoms with van der Waals surface area (Å²) >= 11 is 0. The molecule has 2 aliphatic rings. The Morgan fingerprint density at radius 1 is 1.03 bits per heavy atom. The lowest BCUT2D eigenvalue weighted by Crippen LogP contribution is -2.40. The minimum Gasteiger partial charge on any atom is -0.497 e. The summed E-state index contributed by atoms with van der Waals surface area (Å²) in [7, 11) is -1.92. The van der Waals surface area contributed by atoms with Gasteiger partial charge in [0, 0.05) is 31.2 Å². The lowest BCUT2D eigenvalue weighted by atomic mass is 10.0. The van der Waals surface area contributed by atoms with E-state index in [2.05, 4.69) is 29.3 Å². The fourth-order valence-electron chi connectivity index (χ4n) is 5.14. The van der Waals surface area contributed by atoms with Gasteiger partial charge in [-0.1, -0.05) is 37.6 Å². The number of ketones is 1. The number of hydrogen-bond donors (Lipinski definition) is 1. The molecule has 2 saturated heterocycles. The molecule has 2 aliphatic heterocycles. The third-order valence-electron chi connectivity index (χ3n) is 7.49. The predicted molar refractivity (Wildman–Crippen MR) is 142 cm³/mol. The number of Topliss-reactive ketones (excluding diaryl/α,β-unsaturated/α-hetero) is 1. The first-order chi connectivity index (χ1) is 17.4. The first-order valence-electron chi connectivity index (χ1n) is 13.1. The normalized spacial score (nSPS) is 19.2. The number of likely N-dealkylation sites (tertiary alicyclic amines) is 1. The van der Waals surface area contributed by atoms with Gasteiger partial charge in [0.1, 0.15) is 5.75 Å². The highest BCUT2D eigenvalue weighted by Crippen LogP contribution is 2.26. The molecular formula is C28H39N3O4S. The summed E-state index contributed by atoms with van der Waals surface area (Å²) in [6, 6.07) is 14.8. The lowest BCUT2D eigenvalue weighted by Gasteiger charge is -2.35. The van der Waals surface area contributed by atoms with E-state index in [-0.39, 0.29) is 23.3 Å². The Bertz CT molecular complexity index is 1110. The van der Waals surface area contributed by atoms with Crippen molar-refractivity contribution in [3.8, 4) is 5.75 Å². The van der Waals surface area contributed by atoms with Crippen LogP contribution in [0.5, 0.6) is 5.75 Å². The minimum absolute atomic E-state index is 0.105. The summed E-state index contributed by atoms with van der Waals surface area (Å²) in [5.41, 5.74) is 1.62. The first-order valence-corrected chi connectivity index (χ1v) is 14.5. The molecular weight excluding hydrogens is 474 g/mol. The fraction of sp³-hybridized carbons (Fsp3) is 0.536. The van der Waals surface area contributed by atoms with Gasteiger partial charge in [-0.2, -0.15) is 4.31 Å². The number of ether oxygens (including phenoxy) is 1. The van der Waals surface area contributed by atoms with Crippen molar-refractivity contribution < 1.29 is 17.9 Å². The summed E-state index contributed by atoms with van der Waals surface area (Å²) in [4.78, 5) is 15.7. The minimum atomic E-state index is -3.59. The first kappa shape index (κ1) is 26.8. The van der Waals surface area contributed by atoms with Gasteiger partial charge < -0.3 is 10.1 Å². The van der Waals surface area contributed by atoms with Crippen LogP contribution in [0.1, 0.15) is 61.0 Å². The van der Waals surface area contributed by atoms with Gasteiger partial charge in [0.15, 0.2) is 5.78 Å². The molecule has 0 amide bonds. The van der Waals surface area contributed by atoms with Crippen LogP contribution in [0, 0.1) is 5.92 Å². The molecule has 0 saturated carbocycles. The second kappa shape index (κ2) is 12.3. The molecule has 0 bridgehead atoms. The van der Waals surface area contributed by atoms with Crippen LogP contribution in [-0.4, -0.2) is 69.8 Å². The molecule has 1 unspecified atom stereocenters. The number of sulfonamides is 1. The number of benzene rings is 2. The monoisotopic (exact) mass is 513 g/mol. The molecule has 4 rings (SSSR count). The average molecular weight is 514 g/mol. The van der Waals surface area contributed by atoms with Crippen LogP contribution >= 0.6 is 0 Å². The van der Waals surface area contributed by atoms with E-state index in [1.807, 2.05) is 12.1 Å². The summed E-state index contributed by atoms with van der Waals surface area (Å²) < 4.78 is 33.1. The van der Waals surface area contributed by atoms with Crippen LogP contribution in [0.25, 0.3) is 0 Å². The molecule has 0 aliphatic carbocycles. The topological polar surface area (TPSA) is 78.9 Å². The summed E-state index contributed by atoms with van der Waals surface area (Å²) in [5.74, 6) is 1.27. The lowest BCUT2D eigenvalue weighted by molar-refractivity contribution is 0.0983. The predicted octanol–water partition coefficient (Wildman–Crippen LogP) is 4.12. The highest BCUT2D eigenvalue weighted by Gasteiger charge is 2.28. The van der Waals surface area contributed by atoms with E-state index in [4.69, 9.17) is 4.74 Å². The number of nitrogens with one attached hydrogen (secondary N) is 1. The van der Waals surface area contributed by atoms with E-state index in [1.54, 1.807) is 29.6 Å². The molecule has 36 heavy (non-hydrogen) atoms. The van der Waals surface area contributed by atoms with E-state index in [0.29, 0.717) is 31.1 Å². The quantitative estimate of drug-likeness (QED) is 0.482. The van der Waals surface area contributed by atoms with Gasteiger partial charge in [0.2, 0.25) is 10.0 Å². The van der Waals surface area contributed by atoms with Gasteiger partial charge >= 0.3 is 0 Å². The number of hydrogen-bond acceptors (Lipinski definition) is 6. The zero-order valence-corrected chi connectivity index (χ0v) is 22.3. The number of piperidine rings is 2. The van der Waals surface area contributed by atoms with Crippen LogP contribution in [0.3, 0.4) is 0 Å². The zero-order chi connectivity index (χ0) is 25.5. The molecule has 0 aromatic heterocycles. The van der Waals surface area contributed by atoms with Gasteiger partial charge in [-0.25, -0.2) is 8.42 Å². The zero-order valence-electron chi connectivity index (χ0n) is 21.5. The fourth-order valence-corrected chi connectivity index (χ4v) is 6.66. The molecule has 2 aromatic carbocycles. The molecule has 2 fully saturated rings. The van der Waals surface area contributed by atoms with Crippen molar-refractivity contribution in [2.24, 2.45) is 5.92 Å². The van der Waals surface area contributed by atoms with Crippen molar-refractivity contribution >= 4 is 15.8 Å². The van der Waals surface area contributed by atoms with Crippen LogP contribution in [0.4, 0.5) is 0 Å². The van der Waals surface area contributed by atoms with E-state index in [9.17, 15) is 13.2 Å². The maximum absolute atomic E-state index is 13.1. The third-order valence-corrected chi connectivity index (χ3v) is 9.39. The third kappa shape index (κ3) is 6.54. The van der Waals surface area contributed by atoms with Gasteiger partial charge in [-0.15, -0.1) is 0 Å². The number of carbonyl (C=O) groups is 1. The second-order valence-electron chi connectivity index (χ2n) is 10.1. The van der Waals surface area contributed by atoms with Gasteiger partial charge in [0.05, 0.1) is 18.6 Å².